The van der Waals surface area contributed by atoms with Crippen molar-refractivity contribution in [3.63, 3.8) is 0 Å². The molecule has 406 valence electrons. The predicted molar refractivity (Wildman–Crippen MR) is 295 cm³/mol. The van der Waals surface area contributed by atoms with Gasteiger partial charge in [-0.25, -0.2) is 0 Å². The highest BCUT2D eigenvalue weighted by Crippen LogP contribution is 2.32. The van der Waals surface area contributed by atoms with E-state index in [0.29, 0.717) is 65.3 Å². The van der Waals surface area contributed by atoms with Gasteiger partial charge in [-0.05, 0) is 37.5 Å². The van der Waals surface area contributed by atoms with Gasteiger partial charge in [-0.1, -0.05) is 227 Å². The summed E-state index contributed by atoms with van der Waals surface area (Å²) >= 11 is 0. The van der Waals surface area contributed by atoms with Crippen molar-refractivity contribution in [3.8, 4) is 0 Å². The summed E-state index contributed by atoms with van der Waals surface area (Å²) in [7, 11) is 0. The second-order valence-electron chi connectivity index (χ2n) is 27.4. The molecule has 0 saturated heterocycles. The first kappa shape index (κ1) is 77.1. The summed E-state index contributed by atoms with van der Waals surface area (Å²) in [5.74, 6) is 4.08. The molecule has 8 heteroatoms. The van der Waals surface area contributed by atoms with Crippen LogP contribution in [0.15, 0.2) is 0 Å². The van der Waals surface area contributed by atoms with Gasteiger partial charge in [-0.2, -0.15) is 0 Å². The molecule has 1 rings (SSSR count). The molecule has 0 aromatic heterocycles. The fraction of sp³-hybridized carbons (Fsp3) is 0.883. The zero-order valence-corrected chi connectivity index (χ0v) is 51.3. The Balaban J connectivity index is -0.000000165. The number of hydrogen-bond acceptors (Lipinski definition) is 8. The van der Waals surface area contributed by atoms with Crippen LogP contribution in [0, 0.1) is 67.5 Å². The lowest BCUT2D eigenvalue weighted by molar-refractivity contribution is -0.131. The van der Waals surface area contributed by atoms with E-state index in [1.807, 2.05) is 187 Å². The van der Waals surface area contributed by atoms with E-state index in [4.69, 9.17) is 5.73 Å². The number of nitrogens with two attached hydrogens (primary N) is 1. The predicted octanol–water partition coefficient (Wildman–Crippen LogP) is 16.3. The van der Waals surface area contributed by atoms with Crippen LogP contribution in [0.1, 0.15) is 272 Å². The molecular weight excluding hydrogens is 847 g/mol. The minimum atomic E-state index is -0.282. The summed E-state index contributed by atoms with van der Waals surface area (Å²) in [5, 5.41) is 0. The van der Waals surface area contributed by atoms with Crippen molar-refractivity contribution < 1.29 is 33.6 Å². The van der Waals surface area contributed by atoms with Crippen LogP contribution in [0.3, 0.4) is 0 Å². The normalized spacial score (nSPS) is 14.3. The van der Waals surface area contributed by atoms with Gasteiger partial charge in [0.1, 0.15) is 34.7 Å². The maximum atomic E-state index is 11.7. The van der Waals surface area contributed by atoms with Crippen LogP contribution in [0.4, 0.5) is 0 Å². The van der Waals surface area contributed by atoms with Crippen LogP contribution < -0.4 is 5.73 Å². The molecule has 0 radical (unpaired) electrons. The van der Waals surface area contributed by atoms with Crippen LogP contribution in [0.25, 0.3) is 0 Å². The van der Waals surface area contributed by atoms with Crippen LogP contribution in [-0.4, -0.2) is 46.5 Å². The number of rotatable bonds is 11. The first-order valence-electron chi connectivity index (χ1n) is 26.4. The molecule has 1 aliphatic carbocycles. The lowest BCUT2D eigenvalue weighted by Gasteiger charge is -2.24. The zero-order chi connectivity index (χ0) is 56.4. The maximum absolute atomic E-state index is 11.7. The van der Waals surface area contributed by atoms with Gasteiger partial charge in [0.2, 0.25) is 0 Å². The van der Waals surface area contributed by atoms with Crippen molar-refractivity contribution in [1.29, 1.82) is 0 Å². The van der Waals surface area contributed by atoms with Gasteiger partial charge in [0, 0.05) is 74.9 Å². The Morgan fingerprint density at radius 1 is 0.456 bits per heavy atom. The van der Waals surface area contributed by atoms with Crippen LogP contribution >= 0.6 is 0 Å². The second-order valence-corrected chi connectivity index (χ2v) is 27.4. The molecule has 0 spiro atoms. The third-order valence-electron chi connectivity index (χ3n) is 11.3. The summed E-state index contributed by atoms with van der Waals surface area (Å²) < 4.78 is 0. The Morgan fingerprint density at radius 2 is 0.794 bits per heavy atom. The smallest absolute Gasteiger partial charge is 0.154 e. The van der Waals surface area contributed by atoms with Crippen molar-refractivity contribution >= 4 is 40.5 Å². The summed E-state index contributed by atoms with van der Waals surface area (Å²) in [6, 6.07) is -0.278. The monoisotopic (exact) mass is 966 g/mol. The Labute approximate surface area is 424 Å². The maximum Gasteiger partial charge on any atom is 0.154 e. The van der Waals surface area contributed by atoms with Crippen LogP contribution in [0.5, 0.6) is 0 Å². The van der Waals surface area contributed by atoms with E-state index in [2.05, 4.69) is 27.7 Å². The molecule has 0 aliphatic heterocycles. The van der Waals surface area contributed by atoms with E-state index in [1.165, 1.54) is 12.8 Å². The molecule has 0 amide bonds. The topological polar surface area (TPSA) is 146 Å². The van der Waals surface area contributed by atoms with Crippen LogP contribution in [0.2, 0.25) is 0 Å². The van der Waals surface area contributed by atoms with E-state index >= 15 is 0 Å². The molecular formula is C60H119NO7. The molecule has 8 nitrogen and oxygen atoms in total. The molecule has 1 saturated carbocycles. The molecule has 0 aromatic rings. The first-order chi connectivity index (χ1) is 29.8. The third kappa shape index (κ3) is 41.4. The quantitative estimate of drug-likeness (QED) is 0.215. The lowest BCUT2D eigenvalue weighted by Crippen LogP contribution is -2.38. The SMILES string of the molecule is CC(C)(C)C(=O)C1CCCC1.CC(C)C(=O)C(C)(C)C.CC(C)C(C)C(=O)C(C)(C)C.CC(C)CC(=O)C(C)(C)C.CCC(=O)C(C)(C)C.CCC(N)C(=O)C(C)(C)C.CCCC(=O)C(C)(C)C. The van der Waals surface area contributed by atoms with Gasteiger partial charge in [-0.15, -0.1) is 0 Å². The van der Waals surface area contributed by atoms with Crippen molar-refractivity contribution in [2.75, 3.05) is 0 Å². The lowest BCUT2D eigenvalue weighted by atomic mass is 9.79. The van der Waals surface area contributed by atoms with Crippen molar-refractivity contribution in [2.24, 2.45) is 73.2 Å². The molecule has 0 bridgehead atoms. The van der Waals surface area contributed by atoms with Crippen molar-refractivity contribution in [1.82, 2.24) is 0 Å². The number of carbonyl (C=O) groups is 7. The fourth-order valence-electron chi connectivity index (χ4n) is 6.20. The van der Waals surface area contributed by atoms with E-state index in [-0.39, 0.29) is 61.6 Å². The van der Waals surface area contributed by atoms with Gasteiger partial charge >= 0.3 is 0 Å². The molecule has 1 fully saturated rings. The molecule has 2 atom stereocenters. The van der Waals surface area contributed by atoms with Crippen molar-refractivity contribution in [2.45, 2.75) is 278 Å². The number of Topliss-reactive ketones (excluding diaryl/α,β-unsaturated/α-hetero) is 7. The third-order valence-corrected chi connectivity index (χ3v) is 11.3. The summed E-state index contributed by atoms with van der Waals surface area (Å²) in [6.45, 7) is 61.2. The van der Waals surface area contributed by atoms with Gasteiger partial charge < -0.3 is 5.73 Å². The molecule has 1 aliphatic rings. The van der Waals surface area contributed by atoms with Crippen molar-refractivity contribution in [3.05, 3.63) is 0 Å². The van der Waals surface area contributed by atoms with Gasteiger partial charge in [-0.3, -0.25) is 33.6 Å². The Bertz CT molecular complexity index is 1420. The van der Waals surface area contributed by atoms with E-state index in [9.17, 15) is 33.6 Å². The average Bonchev–Trinajstić information content (AvgIpc) is 3.69. The summed E-state index contributed by atoms with van der Waals surface area (Å²) in [5.41, 5.74) is 4.41. The van der Waals surface area contributed by atoms with Gasteiger partial charge in [0.25, 0.3) is 0 Å². The highest BCUT2D eigenvalue weighted by atomic mass is 16.2. The number of hydrogen-bond donors (Lipinski definition) is 1. The molecule has 0 aromatic carbocycles. The molecule has 2 N–H and O–H groups in total. The Kier molecular flexibility index (Phi) is 38.7. The standard InChI is InChI=1S/C10H18O.C10H20O.C9H18O.C8H17NO.2C8H16O.C7H14O/c1-10(2,3)9(11)8-6-4-5-7-8;1-7(2)8(3)9(11)10(4,5)6;1-7(2)6-8(10)9(3,4)5;1-5-6(9)7(10)8(2,3)4;1-6(2)7(9)8(3,4)5;1-5-6-7(9)8(2,3)4;1-5-6(8)7(2,3)4/h8H,4-7H2,1-3H3;7-8H,1-6H3;7H,6H2,1-5H3;6H,5,9H2,1-4H3;6H,1-5H3;5-6H2,1-4H3;5H2,1-4H3. The highest BCUT2D eigenvalue weighted by molar-refractivity contribution is 5.89. The summed E-state index contributed by atoms with van der Waals surface area (Å²) in [6.07, 6.45) is 8.58. The molecule has 0 heterocycles. The summed E-state index contributed by atoms with van der Waals surface area (Å²) in [4.78, 5) is 78.9. The zero-order valence-electron chi connectivity index (χ0n) is 51.3. The number of ketones is 7. The fourth-order valence-corrected chi connectivity index (χ4v) is 6.20. The highest BCUT2D eigenvalue weighted by Gasteiger charge is 2.32. The van der Waals surface area contributed by atoms with Gasteiger partial charge in [0.15, 0.2) is 5.78 Å². The largest absolute Gasteiger partial charge is 0.321 e. The average molecular weight is 967 g/mol. The minimum Gasteiger partial charge on any atom is -0.321 e. The second kappa shape index (κ2) is 34.1. The van der Waals surface area contributed by atoms with E-state index < -0.39 is 0 Å². The molecule has 68 heavy (non-hydrogen) atoms. The Hall–Kier alpha value is -2.35. The van der Waals surface area contributed by atoms with Gasteiger partial charge in [0.05, 0.1) is 6.04 Å². The minimum absolute atomic E-state index is 0.116. The van der Waals surface area contributed by atoms with Crippen LogP contribution in [-0.2, 0) is 33.6 Å². The van der Waals surface area contributed by atoms with E-state index in [0.717, 1.165) is 32.1 Å². The molecule has 2 unspecified atom stereocenters. The van der Waals surface area contributed by atoms with E-state index in [1.54, 1.807) is 0 Å². The Morgan fingerprint density at radius 3 is 0.912 bits per heavy atom. The first-order valence-corrected chi connectivity index (χ1v) is 26.4. The number of carbonyl (C=O) groups excluding carboxylic acids is 7.